The van der Waals surface area contributed by atoms with E-state index in [-0.39, 0.29) is 101 Å². The zero-order chi connectivity index (χ0) is 9.00. The Bertz CT molecular complexity index is 297. The van der Waals surface area contributed by atoms with Gasteiger partial charge in [0.25, 0.3) is 0 Å². The molecule has 14 nitrogen and oxygen atoms in total. The molecule has 0 aliphatic carbocycles. The summed E-state index contributed by atoms with van der Waals surface area (Å²) in [6.45, 7) is 0. The summed E-state index contributed by atoms with van der Waals surface area (Å²) in [5.41, 5.74) is 0. The van der Waals surface area contributed by atoms with Crippen molar-refractivity contribution in [3.8, 4) is 0 Å². The SMILES string of the molecule is O.O.O.O.O.O.O=S(=O)([O-])[O-].[Cu+2].[K+].[O]=[Mn](=[O])(=[O])[O-]. The van der Waals surface area contributed by atoms with Gasteiger partial charge in [0.1, 0.15) is 0 Å². The van der Waals surface area contributed by atoms with Gasteiger partial charge in [-0.1, -0.05) is 0 Å². The van der Waals surface area contributed by atoms with Crippen molar-refractivity contribution < 1.29 is 147 Å². The van der Waals surface area contributed by atoms with Crippen LogP contribution < -0.4 is 55.6 Å². The number of hydrogen-bond acceptors (Lipinski definition) is 8. The zero-order valence-corrected chi connectivity index (χ0v) is 14.4. The molecular formula is H12CuKMnO14S. The molecule has 18 heteroatoms. The Labute approximate surface area is 156 Å². The second-order valence-electron chi connectivity index (χ2n) is 0.786. The quantitative estimate of drug-likeness (QED) is 0.203. The maximum atomic E-state index is 8.58. The van der Waals surface area contributed by atoms with E-state index in [2.05, 4.69) is 0 Å². The van der Waals surface area contributed by atoms with Gasteiger partial charge in [0, 0.05) is 10.4 Å². The average Bonchev–Trinajstić information content (AvgIpc) is 1.12. The van der Waals surface area contributed by atoms with Crippen molar-refractivity contribution in [2.24, 2.45) is 0 Å². The van der Waals surface area contributed by atoms with E-state index in [1.54, 1.807) is 0 Å². The molecule has 121 valence electrons. The minimum atomic E-state index is -5.62. The third-order valence-electron chi connectivity index (χ3n) is 0. The van der Waals surface area contributed by atoms with Crippen LogP contribution in [0.5, 0.6) is 0 Å². The van der Waals surface area contributed by atoms with Crippen molar-refractivity contribution in [3.63, 3.8) is 0 Å². The molecule has 0 saturated heterocycles. The van der Waals surface area contributed by atoms with Crippen LogP contribution in [0.1, 0.15) is 0 Å². The fraction of sp³-hybridized carbons (Fsp3) is 0. The molecule has 18 heavy (non-hydrogen) atoms. The Hall–Kier alpha value is 1.67. The van der Waals surface area contributed by atoms with E-state index in [9.17, 15) is 0 Å². The van der Waals surface area contributed by atoms with E-state index < -0.39 is 23.4 Å². The molecule has 12 N–H and O–H groups in total. The number of rotatable bonds is 0. The van der Waals surface area contributed by atoms with E-state index in [4.69, 9.17) is 33.2 Å². The third kappa shape index (κ3) is 1770. The summed E-state index contributed by atoms with van der Waals surface area (Å²) in [6, 6.07) is 0. The van der Waals surface area contributed by atoms with Gasteiger partial charge < -0.3 is 42.0 Å². The molecule has 0 aromatic rings. The van der Waals surface area contributed by atoms with Crippen LogP contribution in [0.3, 0.4) is 0 Å². The first-order valence-corrected chi connectivity index (χ1v) is 4.54. The average molecular weight is 426 g/mol. The van der Waals surface area contributed by atoms with E-state index in [1.807, 2.05) is 0 Å². The van der Waals surface area contributed by atoms with E-state index >= 15 is 0 Å². The summed E-state index contributed by atoms with van der Waals surface area (Å²) in [7, 11) is -5.17. The van der Waals surface area contributed by atoms with E-state index in [1.165, 1.54) is 0 Å². The topological polar surface area (TPSA) is 344 Å². The first-order valence-electron chi connectivity index (χ1n) is 1.28. The second-order valence-corrected chi connectivity index (χ2v) is 2.78. The van der Waals surface area contributed by atoms with Crippen LogP contribution in [0.2, 0.25) is 0 Å². The molecule has 0 fully saturated rings. The van der Waals surface area contributed by atoms with Gasteiger partial charge in [-0.3, -0.25) is 8.42 Å². The second kappa shape index (κ2) is 31.2. The standard InChI is InChI=1S/Cu.K.Mn.H2O4S.6H2O.4O/c;;;1-5(2,3)4;;;;;;;;;;/h;;;(H2,1,2,3,4);6*1H2;;;;/q+2;+1;;;;;;;;;;;;-1/p-2. The van der Waals surface area contributed by atoms with Gasteiger partial charge in [-0.2, -0.15) is 0 Å². The van der Waals surface area contributed by atoms with Crippen molar-refractivity contribution >= 4 is 10.4 Å². The predicted molar refractivity (Wildman–Crippen MR) is 34.2 cm³/mol. The number of hydrogen-bond donors (Lipinski definition) is 0. The summed E-state index contributed by atoms with van der Waals surface area (Å²) in [6.07, 6.45) is 0. The van der Waals surface area contributed by atoms with Gasteiger partial charge in [-0.05, 0) is 0 Å². The summed E-state index contributed by atoms with van der Waals surface area (Å²) < 4.78 is 68.4. The summed E-state index contributed by atoms with van der Waals surface area (Å²) in [5, 5.41) is 0. The third-order valence-corrected chi connectivity index (χ3v) is 0. The molecule has 0 atom stereocenters. The molecule has 0 rings (SSSR count). The molecule has 0 amide bonds. The molecule has 0 spiro atoms. The van der Waals surface area contributed by atoms with Gasteiger partial charge >= 0.3 is 97.1 Å². The normalized spacial score (nSPS) is 6.39. The molecule has 1 radical (unpaired) electrons. The monoisotopic (exact) mass is 425 g/mol. The van der Waals surface area contributed by atoms with E-state index in [0.717, 1.165) is 0 Å². The van der Waals surface area contributed by atoms with Gasteiger partial charge in [-0.15, -0.1) is 0 Å². The molecular weight excluding hydrogens is 414 g/mol. The van der Waals surface area contributed by atoms with Crippen LogP contribution in [0.15, 0.2) is 0 Å². The first-order chi connectivity index (χ1) is 4.00. The molecule has 0 unspecified atom stereocenters. The van der Waals surface area contributed by atoms with Crippen molar-refractivity contribution in [2.45, 2.75) is 0 Å². The Morgan fingerprint density at radius 2 is 0.722 bits per heavy atom. The Morgan fingerprint density at radius 3 is 0.722 bits per heavy atom. The Balaban J connectivity index is -0.00000000615. The Morgan fingerprint density at radius 1 is 0.722 bits per heavy atom. The van der Waals surface area contributed by atoms with Crippen molar-refractivity contribution in [2.75, 3.05) is 0 Å². The van der Waals surface area contributed by atoms with Crippen LogP contribution >= 0.6 is 0 Å². The fourth-order valence-corrected chi connectivity index (χ4v) is 0. The van der Waals surface area contributed by atoms with E-state index in [0.29, 0.717) is 0 Å². The van der Waals surface area contributed by atoms with Crippen LogP contribution in [0.4, 0.5) is 0 Å². The van der Waals surface area contributed by atoms with Crippen molar-refractivity contribution in [3.05, 3.63) is 0 Å². The molecule has 0 heterocycles. The zero-order valence-electron chi connectivity index (χ0n) is 8.35. The molecule has 0 aliphatic heterocycles. The van der Waals surface area contributed by atoms with Gasteiger partial charge in [-0.25, -0.2) is 0 Å². The minimum absolute atomic E-state index is 0. The molecule has 0 aromatic heterocycles. The summed E-state index contributed by atoms with van der Waals surface area (Å²) >= 11 is -5.62. The van der Waals surface area contributed by atoms with Crippen molar-refractivity contribution in [1.82, 2.24) is 0 Å². The summed E-state index contributed by atoms with van der Waals surface area (Å²) in [5.74, 6) is 0. The van der Waals surface area contributed by atoms with Gasteiger partial charge in [0.2, 0.25) is 0 Å². The molecule has 0 saturated carbocycles. The Kier molecular flexibility index (Phi) is 127. The maximum absolute atomic E-state index is 8.58. The van der Waals surface area contributed by atoms with Crippen LogP contribution in [0, 0.1) is 0 Å². The predicted octanol–water partition coefficient (Wildman–Crippen LogP) is -10.8. The van der Waals surface area contributed by atoms with Crippen LogP contribution in [-0.4, -0.2) is 50.4 Å². The fourth-order valence-electron chi connectivity index (χ4n) is 0. The van der Waals surface area contributed by atoms with Gasteiger partial charge in [0.05, 0.1) is 0 Å². The molecule has 0 bridgehead atoms. The van der Waals surface area contributed by atoms with Crippen molar-refractivity contribution in [1.29, 1.82) is 0 Å². The molecule has 0 aromatic carbocycles. The molecule has 0 aliphatic rings. The first kappa shape index (κ1) is 73.3. The van der Waals surface area contributed by atoms with Crippen LogP contribution in [-0.2, 0) is 51.9 Å². The summed E-state index contributed by atoms with van der Waals surface area (Å²) in [4.78, 5) is 0. The van der Waals surface area contributed by atoms with Gasteiger partial charge in [0.15, 0.2) is 0 Å². The van der Waals surface area contributed by atoms with Crippen LogP contribution in [0.25, 0.3) is 0 Å².